The summed E-state index contributed by atoms with van der Waals surface area (Å²) in [5.74, 6) is 0. The zero-order valence-corrected chi connectivity index (χ0v) is 12.8. The summed E-state index contributed by atoms with van der Waals surface area (Å²) in [6.07, 6.45) is 2.17. The van der Waals surface area contributed by atoms with Gasteiger partial charge in [0.1, 0.15) is 0 Å². The van der Waals surface area contributed by atoms with Crippen LogP contribution >= 0.6 is 15.9 Å². The molecular formula is C14H18BrN3O2. The number of ether oxygens (including phenoxy) is 1. The first-order valence-electron chi connectivity index (χ1n) is 6.92. The van der Waals surface area contributed by atoms with Crippen LogP contribution in [-0.2, 0) is 4.74 Å². The summed E-state index contributed by atoms with van der Waals surface area (Å²) in [4.78, 5) is 14.1. The minimum atomic E-state index is -0.132. The van der Waals surface area contributed by atoms with Crippen LogP contribution in [0.1, 0.15) is 12.8 Å². The van der Waals surface area contributed by atoms with Gasteiger partial charge in [0.25, 0.3) is 0 Å². The number of nitrogens with one attached hydrogen (secondary N) is 2. The maximum atomic E-state index is 11.8. The molecule has 2 aliphatic rings. The lowest BCUT2D eigenvalue weighted by Gasteiger charge is -2.29. The number of urea groups is 1. The average molecular weight is 340 g/mol. The van der Waals surface area contributed by atoms with E-state index in [0.29, 0.717) is 6.04 Å². The minimum absolute atomic E-state index is 0.132. The van der Waals surface area contributed by atoms with Crippen molar-refractivity contribution < 1.29 is 9.53 Å². The molecule has 0 aromatic heterocycles. The Morgan fingerprint density at radius 1 is 1.30 bits per heavy atom. The van der Waals surface area contributed by atoms with Crippen molar-refractivity contribution >= 4 is 33.3 Å². The number of amides is 2. The third-order valence-electron chi connectivity index (χ3n) is 3.49. The molecule has 2 fully saturated rings. The van der Waals surface area contributed by atoms with Gasteiger partial charge in [-0.2, -0.15) is 0 Å². The lowest BCUT2D eigenvalue weighted by atomic mass is 10.2. The van der Waals surface area contributed by atoms with Gasteiger partial charge < -0.3 is 20.3 Å². The van der Waals surface area contributed by atoms with Crippen LogP contribution in [0.3, 0.4) is 0 Å². The number of morpholine rings is 1. The number of benzene rings is 1. The summed E-state index contributed by atoms with van der Waals surface area (Å²) >= 11 is 3.48. The number of carbonyl (C=O) groups excluding carboxylic acids is 1. The Bertz CT molecular complexity index is 499. The van der Waals surface area contributed by atoms with Crippen LogP contribution in [0.2, 0.25) is 0 Å². The highest BCUT2D eigenvalue weighted by Crippen LogP contribution is 2.28. The third kappa shape index (κ3) is 3.43. The molecule has 1 aromatic rings. The first-order valence-corrected chi connectivity index (χ1v) is 7.71. The average Bonchev–Trinajstić information content (AvgIpc) is 3.26. The van der Waals surface area contributed by atoms with E-state index in [1.807, 2.05) is 12.1 Å². The molecule has 1 saturated carbocycles. The van der Waals surface area contributed by atoms with E-state index in [4.69, 9.17) is 4.74 Å². The van der Waals surface area contributed by atoms with E-state index >= 15 is 0 Å². The number of nitrogens with zero attached hydrogens (tertiary/aromatic N) is 1. The maximum absolute atomic E-state index is 11.8. The normalized spacial score (nSPS) is 18.8. The van der Waals surface area contributed by atoms with Crippen LogP contribution < -0.4 is 15.5 Å². The van der Waals surface area contributed by atoms with Crippen LogP contribution in [0.5, 0.6) is 0 Å². The van der Waals surface area contributed by atoms with Crippen molar-refractivity contribution in [3.05, 3.63) is 22.7 Å². The number of rotatable bonds is 3. The van der Waals surface area contributed by atoms with Gasteiger partial charge >= 0.3 is 6.03 Å². The Labute approximate surface area is 126 Å². The summed E-state index contributed by atoms with van der Waals surface area (Å²) in [5, 5.41) is 5.83. The van der Waals surface area contributed by atoms with Crippen molar-refractivity contribution in [1.29, 1.82) is 0 Å². The van der Waals surface area contributed by atoms with Crippen molar-refractivity contribution in [2.24, 2.45) is 0 Å². The fourth-order valence-corrected chi connectivity index (χ4v) is 2.54. The fraction of sp³-hybridized carbons (Fsp3) is 0.500. The molecule has 1 saturated heterocycles. The van der Waals surface area contributed by atoms with Gasteiger partial charge in [0.2, 0.25) is 0 Å². The molecule has 20 heavy (non-hydrogen) atoms. The van der Waals surface area contributed by atoms with Crippen LogP contribution in [-0.4, -0.2) is 38.4 Å². The first-order chi connectivity index (χ1) is 9.72. The zero-order valence-electron chi connectivity index (χ0n) is 11.2. The predicted octanol–water partition coefficient (Wildman–Crippen LogP) is 2.57. The minimum Gasteiger partial charge on any atom is -0.378 e. The summed E-state index contributed by atoms with van der Waals surface area (Å²) in [7, 11) is 0. The summed E-state index contributed by atoms with van der Waals surface area (Å²) < 4.78 is 6.25. The van der Waals surface area contributed by atoms with Gasteiger partial charge in [0.15, 0.2) is 0 Å². The Morgan fingerprint density at radius 3 is 2.75 bits per heavy atom. The molecular weight excluding hydrogens is 322 g/mol. The number of halogens is 1. The standard InChI is InChI=1S/C14H18BrN3O2/c15-12-4-3-11(18-5-7-20-8-6-18)9-13(12)17-14(19)16-10-1-2-10/h3-4,9-10H,1-2,5-8H2,(H2,16,17,19). The molecule has 3 rings (SSSR count). The molecule has 5 nitrogen and oxygen atoms in total. The SMILES string of the molecule is O=C(Nc1cc(N2CCOCC2)ccc1Br)NC1CC1. The summed E-state index contributed by atoms with van der Waals surface area (Å²) in [6, 6.07) is 6.25. The number of anilines is 2. The first kappa shape index (κ1) is 13.7. The molecule has 0 radical (unpaired) electrons. The highest BCUT2D eigenvalue weighted by molar-refractivity contribution is 9.10. The van der Waals surface area contributed by atoms with E-state index < -0.39 is 0 Å². The highest BCUT2D eigenvalue weighted by Gasteiger charge is 2.23. The van der Waals surface area contributed by atoms with E-state index in [0.717, 1.165) is 55.0 Å². The van der Waals surface area contributed by atoms with E-state index in [9.17, 15) is 4.79 Å². The van der Waals surface area contributed by atoms with Gasteiger partial charge in [0, 0.05) is 29.3 Å². The van der Waals surface area contributed by atoms with Crippen LogP contribution in [0.4, 0.5) is 16.2 Å². The van der Waals surface area contributed by atoms with Gasteiger partial charge in [-0.05, 0) is 47.0 Å². The monoisotopic (exact) mass is 339 g/mol. The molecule has 0 spiro atoms. The van der Waals surface area contributed by atoms with Crippen molar-refractivity contribution in [2.45, 2.75) is 18.9 Å². The van der Waals surface area contributed by atoms with E-state index in [2.05, 4.69) is 37.5 Å². The number of hydrogen-bond acceptors (Lipinski definition) is 3. The lowest BCUT2D eigenvalue weighted by molar-refractivity contribution is 0.122. The van der Waals surface area contributed by atoms with E-state index in [-0.39, 0.29) is 6.03 Å². The van der Waals surface area contributed by atoms with Gasteiger partial charge in [-0.1, -0.05) is 0 Å². The smallest absolute Gasteiger partial charge is 0.319 e. The number of hydrogen-bond donors (Lipinski definition) is 2. The molecule has 0 bridgehead atoms. The zero-order chi connectivity index (χ0) is 13.9. The van der Waals surface area contributed by atoms with Crippen LogP contribution in [0, 0.1) is 0 Å². The molecule has 1 aliphatic carbocycles. The Balaban J connectivity index is 1.70. The van der Waals surface area contributed by atoms with E-state index in [1.165, 1.54) is 0 Å². The summed E-state index contributed by atoms with van der Waals surface area (Å²) in [5.41, 5.74) is 1.91. The van der Waals surface area contributed by atoms with E-state index in [1.54, 1.807) is 0 Å². The van der Waals surface area contributed by atoms with Crippen molar-refractivity contribution in [3.63, 3.8) is 0 Å². The maximum Gasteiger partial charge on any atom is 0.319 e. The molecule has 1 aliphatic heterocycles. The highest BCUT2D eigenvalue weighted by atomic mass is 79.9. The second-order valence-corrected chi connectivity index (χ2v) is 5.99. The third-order valence-corrected chi connectivity index (χ3v) is 4.18. The van der Waals surface area contributed by atoms with Crippen LogP contribution in [0.25, 0.3) is 0 Å². The van der Waals surface area contributed by atoms with Crippen molar-refractivity contribution in [3.8, 4) is 0 Å². The largest absolute Gasteiger partial charge is 0.378 e. The molecule has 1 heterocycles. The second-order valence-electron chi connectivity index (χ2n) is 5.14. The molecule has 0 unspecified atom stereocenters. The van der Waals surface area contributed by atoms with Crippen molar-refractivity contribution in [2.75, 3.05) is 36.5 Å². The Hall–Kier alpha value is -1.27. The molecule has 2 amide bonds. The Morgan fingerprint density at radius 2 is 2.05 bits per heavy atom. The fourth-order valence-electron chi connectivity index (χ4n) is 2.20. The molecule has 0 atom stereocenters. The predicted molar refractivity (Wildman–Crippen MR) is 82.4 cm³/mol. The molecule has 2 N–H and O–H groups in total. The lowest BCUT2D eigenvalue weighted by Crippen LogP contribution is -2.36. The Kier molecular flexibility index (Phi) is 4.12. The second kappa shape index (κ2) is 6.01. The summed E-state index contributed by atoms with van der Waals surface area (Å²) in [6.45, 7) is 3.27. The van der Waals surface area contributed by atoms with Gasteiger partial charge in [-0.25, -0.2) is 4.79 Å². The molecule has 1 aromatic carbocycles. The van der Waals surface area contributed by atoms with Gasteiger partial charge in [-0.15, -0.1) is 0 Å². The quantitative estimate of drug-likeness (QED) is 0.889. The van der Waals surface area contributed by atoms with Gasteiger partial charge in [-0.3, -0.25) is 0 Å². The molecule has 108 valence electrons. The van der Waals surface area contributed by atoms with Crippen molar-refractivity contribution in [1.82, 2.24) is 5.32 Å². The number of carbonyl (C=O) groups is 1. The molecule has 6 heteroatoms. The van der Waals surface area contributed by atoms with Crippen LogP contribution in [0.15, 0.2) is 22.7 Å². The van der Waals surface area contributed by atoms with Gasteiger partial charge in [0.05, 0.1) is 18.9 Å². The topological polar surface area (TPSA) is 53.6 Å².